The molecule has 1 aliphatic carbocycles. The van der Waals surface area contributed by atoms with Crippen LogP contribution in [0.25, 0.3) is 0 Å². The number of rotatable bonds is 8. The Morgan fingerprint density at radius 3 is 2.38 bits per heavy atom. The summed E-state index contributed by atoms with van der Waals surface area (Å²) in [6.07, 6.45) is 10.4. The lowest BCUT2D eigenvalue weighted by atomic mass is 9.94. The first-order valence-electron chi connectivity index (χ1n) is 6.79. The number of aliphatic hydroxyl groups is 1. The third-order valence-electron chi connectivity index (χ3n) is 3.56. The van der Waals surface area contributed by atoms with Crippen LogP contribution < -0.4 is 0 Å². The Labute approximate surface area is 105 Å². The van der Waals surface area contributed by atoms with E-state index in [9.17, 15) is 0 Å². The van der Waals surface area contributed by atoms with Crippen molar-refractivity contribution in [1.29, 1.82) is 0 Å². The number of hydrogen-bond donors (Lipinski definition) is 1. The molecule has 1 N–H and O–H groups in total. The molecule has 1 fully saturated rings. The van der Waals surface area contributed by atoms with Crippen LogP contribution in [0.5, 0.6) is 0 Å². The highest BCUT2D eigenvalue weighted by molar-refractivity contribution is 6.17. The summed E-state index contributed by atoms with van der Waals surface area (Å²) in [6.45, 7) is 2.29. The first-order chi connectivity index (χ1) is 7.88. The fourth-order valence-corrected chi connectivity index (χ4v) is 2.83. The largest absolute Gasteiger partial charge is 0.395 e. The summed E-state index contributed by atoms with van der Waals surface area (Å²) < 4.78 is 0. The van der Waals surface area contributed by atoms with Crippen molar-refractivity contribution >= 4 is 11.6 Å². The van der Waals surface area contributed by atoms with Gasteiger partial charge in [0, 0.05) is 18.5 Å². The molecule has 0 spiro atoms. The fraction of sp³-hybridized carbons (Fsp3) is 1.00. The van der Waals surface area contributed by atoms with Crippen LogP contribution in [-0.2, 0) is 0 Å². The Morgan fingerprint density at radius 1 is 1.00 bits per heavy atom. The molecule has 0 radical (unpaired) electrons. The van der Waals surface area contributed by atoms with Gasteiger partial charge in [0.2, 0.25) is 0 Å². The van der Waals surface area contributed by atoms with Crippen LogP contribution in [0.1, 0.15) is 51.4 Å². The van der Waals surface area contributed by atoms with Gasteiger partial charge in [0.1, 0.15) is 0 Å². The maximum absolute atomic E-state index is 9.11. The number of halogens is 1. The summed E-state index contributed by atoms with van der Waals surface area (Å²) in [4.78, 5) is 2.49. The van der Waals surface area contributed by atoms with Gasteiger partial charge < -0.3 is 5.11 Å². The van der Waals surface area contributed by atoms with Gasteiger partial charge in [-0.15, -0.1) is 11.6 Å². The monoisotopic (exact) mass is 247 g/mol. The fourth-order valence-electron chi connectivity index (χ4n) is 2.64. The zero-order chi connectivity index (χ0) is 11.6. The van der Waals surface area contributed by atoms with Gasteiger partial charge in [0.05, 0.1) is 6.61 Å². The molecular formula is C13H26ClNO. The van der Waals surface area contributed by atoms with Gasteiger partial charge in [-0.05, 0) is 32.2 Å². The Morgan fingerprint density at radius 2 is 1.75 bits per heavy atom. The van der Waals surface area contributed by atoms with Crippen molar-refractivity contribution in [2.75, 3.05) is 25.6 Å². The number of unbranched alkanes of at least 4 members (excludes halogenated alkanes) is 2. The van der Waals surface area contributed by atoms with E-state index < -0.39 is 0 Å². The molecule has 0 amide bonds. The molecule has 0 aliphatic heterocycles. The highest BCUT2D eigenvalue weighted by atomic mass is 35.5. The van der Waals surface area contributed by atoms with Gasteiger partial charge in [-0.25, -0.2) is 0 Å². The molecule has 0 atom stereocenters. The van der Waals surface area contributed by atoms with Crippen molar-refractivity contribution in [3.63, 3.8) is 0 Å². The molecule has 3 heteroatoms. The summed E-state index contributed by atoms with van der Waals surface area (Å²) >= 11 is 5.67. The van der Waals surface area contributed by atoms with E-state index in [1.807, 2.05) is 0 Å². The van der Waals surface area contributed by atoms with E-state index in [1.54, 1.807) is 0 Å². The van der Waals surface area contributed by atoms with Crippen molar-refractivity contribution in [3.8, 4) is 0 Å². The minimum atomic E-state index is 0.298. The molecule has 16 heavy (non-hydrogen) atoms. The van der Waals surface area contributed by atoms with E-state index in [4.69, 9.17) is 16.7 Å². The maximum atomic E-state index is 9.11. The van der Waals surface area contributed by atoms with Crippen LogP contribution >= 0.6 is 11.6 Å². The minimum Gasteiger partial charge on any atom is -0.395 e. The van der Waals surface area contributed by atoms with Gasteiger partial charge in [-0.1, -0.05) is 25.7 Å². The van der Waals surface area contributed by atoms with Crippen molar-refractivity contribution in [1.82, 2.24) is 4.90 Å². The molecule has 0 bridgehead atoms. The van der Waals surface area contributed by atoms with Crippen molar-refractivity contribution in [2.45, 2.75) is 57.4 Å². The van der Waals surface area contributed by atoms with E-state index in [1.165, 1.54) is 44.9 Å². The Kier molecular flexibility index (Phi) is 8.26. The predicted octanol–water partition coefficient (Wildman–Crippen LogP) is 3.02. The quantitative estimate of drug-likeness (QED) is 0.527. The Bertz CT molecular complexity index is 160. The van der Waals surface area contributed by atoms with Crippen LogP contribution in [-0.4, -0.2) is 41.6 Å². The van der Waals surface area contributed by atoms with Gasteiger partial charge >= 0.3 is 0 Å². The first-order valence-corrected chi connectivity index (χ1v) is 7.33. The summed E-state index contributed by atoms with van der Waals surface area (Å²) in [7, 11) is 0. The van der Waals surface area contributed by atoms with Crippen molar-refractivity contribution in [3.05, 3.63) is 0 Å². The third kappa shape index (κ3) is 5.51. The predicted molar refractivity (Wildman–Crippen MR) is 70.1 cm³/mol. The second-order valence-electron chi connectivity index (χ2n) is 4.80. The van der Waals surface area contributed by atoms with E-state index in [2.05, 4.69) is 4.90 Å². The summed E-state index contributed by atoms with van der Waals surface area (Å²) in [5, 5.41) is 9.11. The molecule has 0 unspecified atom stereocenters. The lowest BCUT2D eigenvalue weighted by Gasteiger charge is -2.34. The van der Waals surface area contributed by atoms with Crippen molar-refractivity contribution in [2.24, 2.45) is 0 Å². The third-order valence-corrected chi connectivity index (χ3v) is 3.82. The molecule has 2 nitrogen and oxygen atoms in total. The van der Waals surface area contributed by atoms with Gasteiger partial charge in [0.15, 0.2) is 0 Å². The van der Waals surface area contributed by atoms with E-state index in [-0.39, 0.29) is 0 Å². The van der Waals surface area contributed by atoms with Crippen molar-refractivity contribution < 1.29 is 5.11 Å². The number of nitrogens with zero attached hydrogens (tertiary/aromatic N) is 1. The van der Waals surface area contributed by atoms with Crippen LogP contribution in [0, 0.1) is 0 Å². The second kappa shape index (κ2) is 9.26. The normalized spacial score (nSPS) is 18.2. The zero-order valence-electron chi connectivity index (χ0n) is 10.3. The summed E-state index contributed by atoms with van der Waals surface area (Å²) in [5.41, 5.74) is 0. The Balaban J connectivity index is 2.22. The smallest absolute Gasteiger partial charge is 0.0558 e. The zero-order valence-corrected chi connectivity index (χ0v) is 11.1. The van der Waals surface area contributed by atoms with Crippen LogP contribution in [0.4, 0.5) is 0 Å². The molecular weight excluding hydrogens is 222 g/mol. The van der Waals surface area contributed by atoms with E-state index in [0.717, 1.165) is 31.4 Å². The minimum absolute atomic E-state index is 0.298. The van der Waals surface area contributed by atoms with Gasteiger partial charge in [-0.3, -0.25) is 4.90 Å². The molecule has 0 aromatic carbocycles. The molecule has 0 saturated heterocycles. The maximum Gasteiger partial charge on any atom is 0.0558 e. The molecule has 0 heterocycles. The molecule has 0 aromatic rings. The second-order valence-corrected chi connectivity index (χ2v) is 5.18. The van der Waals surface area contributed by atoms with Crippen LogP contribution in [0.2, 0.25) is 0 Å². The lowest BCUT2D eigenvalue weighted by Crippen LogP contribution is -2.39. The average molecular weight is 248 g/mol. The van der Waals surface area contributed by atoms with E-state index in [0.29, 0.717) is 6.61 Å². The molecule has 1 saturated carbocycles. The summed E-state index contributed by atoms with van der Waals surface area (Å²) in [5.74, 6) is 0.781. The first kappa shape index (κ1) is 14.3. The summed E-state index contributed by atoms with van der Waals surface area (Å²) in [6, 6.07) is 0.733. The molecule has 1 rings (SSSR count). The van der Waals surface area contributed by atoms with Crippen LogP contribution in [0.3, 0.4) is 0 Å². The number of alkyl halides is 1. The SMILES string of the molecule is OCCN(CCCCCCl)C1CCCCC1. The highest BCUT2D eigenvalue weighted by Gasteiger charge is 2.19. The average Bonchev–Trinajstić information content (AvgIpc) is 2.34. The van der Waals surface area contributed by atoms with Crippen LogP contribution in [0.15, 0.2) is 0 Å². The topological polar surface area (TPSA) is 23.5 Å². The number of hydrogen-bond acceptors (Lipinski definition) is 2. The molecule has 0 aromatic heterocycles. The molecule has 1 aliphatic rings. The van der Waals surface area contributed by atoms with E-state index >= 15 is 0 Å². The van der Waals surface area contributed by atoms with Gasteiger partial charge in [-0.2, -0.15) is 0 Å². The Hall–Kier alpha value is 0.210. The lowest BCUT2D eigenvalue weighted by molar-refractivity contribution is 0.122. The number of aliphatic hydroxyl groups excluding tert-OH is 1. The highest BCUT2D eigenvalue weighted by Crippen LogP contribution is 2.22. The standard InChI is InChI=1S/C13H26ClNO/c14-9-5-2-6-10-15(11-12-16)13-7-3-1-4-8-13/h13,16H,1-12H2. The van der Waals surface area contributed by atoms with Gasteiger partial charge in [0.25, 0.3) is 0 Å². The molecule has 96 valence electrons.